The van der Waals surface area contributed by atoms with Crippen LogP contribution in [0.15, 0.2) is 30.3 Å². The fourth-order valence-electron chi connectivity index (χ4n) is 1.39. The summed E-state index contributed by atoms with van der Waals surface area (Å²) in [4.78, 5) is 7.20. The molecule has 1 aromatic carbocycles. The third kappa shape index (κ3) is 2.25. The standard InChI is InChI=1S/C11H9ClN2S/c1-7-6-10(14-11(15)13-7)8-4-2-3-5-9(8)12/h2-6H,1H3,(H,13,14,15). The molecule has 0 saturated carbocycles. The first-order chi connectivity index (χ1) is 7.16. The molecule has 0 spiro atoms. The van der Waals surface area contributed by atoms with Crippen molar-refractivity contribution in [1.82, 2.24) is 9.97 Å². The van der Waals surface area contributed by atoms with Gasteiger partial charge in [-0.25, -0.2) is 4.98 Å². The average molecular weight is 237 g/mol. The highest BCUT2D eigenvalue weighted by molar-refractivity contribution is 7.71. The van der Waals surface area contributed by atoms with E-state index in [1.165, 1.54) is 0 Å². The molecule has 0 fully saturated rings. The Kier molecular flexibility index (Phi) is 2.84. The zero-order valence-electron chi connectivity index (χ0n) is 8.12. The molecular weight excluding hydrogens is 228 g/mol. The molecule has 0 aliphatic rings. The van der Waals surface area contributed by atoms with Crippen LogP contribution in [0.1, 0.15) is 5.69 Å². The predicted molar refractivity (Wildman–Crippen MR) is 64.6 cm³/mol. The van der Waals surface area contributed by atoms with Crippen molar-refractivity contribution in [2.24, 2.45) is 0 Å². The largest absolute Gasteiger partial charge is 0.335 e. The number of hydrogen-bond donors (Lipinski definition) is 1. The number of aryl methyl sites for hydroxylation is 1. The van der Waals surface area contributed by atoms with Crippen LogP contribution in [0, 0.1) is 11.7 Å². The molecule has 0 saturated heterocycles. The quantitative estimate of drug-likeness (QED) is 0.764. The Morgan fingerprint density at radius 3 is 2.73 bits per heavy atom. The third-order valence-electron chi connectivity index (χ3n) is 2.03. The van der Waals surface area contributed by atoms with E-state index in [4.69, 9.17) is 23.8 Å². The van der Waals surface area contributed by atoms with Gasteiger partial charge in [-0.3, -0.25) is 0 Å². The first kappa shape index (κ1) is 10.3. The molecule has 1 heterocycles. The molecule has 2 rings (SSSR count). The van der Waals surface area contributed by atoms with Crippen molar-refractivity contribution in [3.05, 3.63) is 45.8 Å². The Morgan fingerprint density at radius 1 is 1.33 bits per heavy atom. The third-order valence-corrected chi connectivity index (χ3v) is 2.55. The Balaban J connectivity index is 2.64. The number of aromatic nitrogens is 2. The summed E-state index contributed by atoms with van der Waals surface area (Å²) >= 11 is 11.1. The number of aromatic amines is 1. The highest BCUT2D eigenvalue weighted by atomic mass is 35.5. The van der Waals surface area contributed by atoms with E-state index in [0.29, 0.717) is 9.79 Å². The first-order valence-corrected chi connectivity index (χ1v) is 5.28. The molecule has 4 heteroatoms. The fourth-order valence-corrected chi connectivity index (χ4v) is 1.88. The van der Waals surface area contributed by atoms with Gasteiger partial charge in [0.15, 0.2) is 4.77 Å². The van der Waals surface area contributed by atoms with E-state index in [-0.39, 0.29) is 0 Å². The normalized spacial score (nSPS) is 10.3. The van der Waals surface area contributed by atoms with Crippen molar-refractivity contribution in [2.45, 2.75) is 6.92 Å². The van der Waals surface area contributed by atoms with Crippen molar-refractivity contribution in [1.29, 1.82) is 0 Å². The minimum Gasteiger partial charge on any atom is -0.335 e. The van der Waals surface area contributed by atoms with E-state index >= 15 is 0 Å². The van der Waals surface area contributed by atoms with Crippen LogP contribution in [0.4, 0.5) is 0 Å². The lowest BCUT2D eigenvalue weighted by atomic mass is 10.1. The van der Waals surface area contributed by atoms with Gasteiger partial charge in [0.05, 0.1) is 5.69 Å². The maximum absolute atomic E-state index is 6.08. The molecule has 15 heavy (non-hydrogen) atoms. The van der Waals surface area contributed by atoms with Gasteiger partial charge >= 0.3 is 0 Å². The molecule has 0 unspecified atom stereocenters. The number of rotatable bonds is 1. The summed E-state index contributed by atoms with van der Waals surface area (Å²) in [6, 6.07) is 9.52. The van der Waals surface area contributed by atoms with Gasteiger partial charge in [0.1, 0.15) is 0 Å². The van der Waals surface area contributed by atoms with E-state index in [1.807, 2.05) is 37.3 Å². The van der Waals surface area contributed by atoms with E-state index in [1.54, 1.807) is 0 Å². The molecular formula is C11H9ClN2S. The number of hydrogen-bond acceptors (Lipinski definition) is 2. The van der Waals surface area contributed by atoms with Gasteiger partial charge in [-0.1, -0.05) is 29.8 Å². The van der Waals surface area contributed by atoms with Crippen LogP contribution in [-0.4, -0.2) is 9.97 Å². The zero-order valence-corrected chi connectivity index (χ0v) is 9.69. The van der Waals surface area contributed by atoms with Gasteiger partial charge in [0.25, 0.3) is 0 Å². The van der Waals surface area contributed by atoms with Crippen molar-refractivity contribution in [3.63, 3.8) is 0 Å². The van der Waals surface area contributed by atoms with Crippen molar-refractivity contribution in [3.8, 4) is 11.3 Å². The summed E-state index contributed by atoms with van der Waals surface area (Å²) in [6.45, 7) is 1.94. The summed E-state index contributed by atoms with van der Waals surface area (Å²) in [5.41, 5.74) is 2.69. The Hall–Kier alpha value is -1.19. The second kappa shape index (κ2) is 4.13. The summed E-state index contributed by atoms with van der Waals surface area (Å²) in [7, 11) is 0. The second-order valence-corrected chi connectivity index (χ2v) is 4.03. The minimum absolute atomic E-state index is 0.477. The summed E-state index contributed by atoms with van der Waals surface area (Å²) in [5.74, 6) is 0. The fraction of sp³-hybridized carbons (Fsp3) is 0.0909. The van der Waals surface area contributed by atoms with Crippen LogP contribution in [0.5, 0.6) is 0 Å². The number of halogens is 1. The molecule has 2 nitrogen and oxygen atoms in total. The van der Waals surface area contributed by atoms with Gasteiger partial charge in [-0.15, -0.1) is 0 Å². The van der Waals surface area contributed by atoms with Crippen LogP contribution < -0.4 is 0 Å². The molecule has 76 valence electrons. The van der Waals surface area contributed by atoms with E-state index in [9.17, 15) is 0 Å². The zero-order chi connectivity index (χ0) is 10.8. The molecule has 0 aliphatic carbocycles. The van der Waals surface area contributed by atoms with Crippen LogP contribution in [0.25, 0.3) is 11.3 Å². The number of H-pyrrole nitrogens is 1. The molecule has 0 aliphatic heterocycles. The highest BCUT2D eigenvalue weighted by Gasteiger charge is 2.04. The first-order valence-electron chi connectivity index (χ1n) is 4.50. The molecule has 1 aromatic heterocycles. The van der Waals surface area contributed by atoms with E-state index in [2.05, 4.69) is 9.97 Å². The van der Waals surface area contributed by atoms with Gasteiger partial charge in [0.2, 0.25) is 0 Å². The SMILES string of the molecule is Cc1cc(-c2ccccc2Cl)nc(=S)[nH]1. The minimum atomic E-state index is 0.477. The molecule has 0 bridgehead atoms. The average Bonchev–Trinajstić information content (AvgIpc) is 2.16. The number of nitrogens with one attached hydrogen (secondary N) is 1. The molecule has 2 aromatic rings. The lowest BCUT2D eigenvalue weighted by Gasteiger charge is -2.03. The number of nitrogens with zero attached hydrogens (tertiary/aromatic N) is 1. The Bertz CT molecular complexity index is 548. The Labute approximate surface area is 98.0 Å². The van der Waals surface area contributed by atoms with Crippen molar-refractivity contribution in [2.75, 3.05) is 0 Å². The summed E-state index contributed by atoms with van der Waals surface area (Å²) in [5, 5.41) is 0.685. The van der Waals surface area contributed by atoms with Crippen molar-refractivity contribution >= 4 is 23.8 Å². The summed E-state index contributed by atoms with van der Waals surface area (Å²) < 4.78 is 0.477. The lowest BCUT2D eigenvalue weighted by molar-refractivity contribution is 1.08. The van der Waals surface area contributed by atoms with Crippen LogP contribution in [0.2, 0.25) is 5.02 Å². The topological polar surface area (TPSA) is 28.7 Å². The smallest absolute Gasteiger partial charge is 0.197 e. The highest BCUT2D eigenvalue weighted by Crippen LogP contribution is 2.25. The summed E-state index contributed by atoms with van der Waals surface area (Å²) in [6.07, 6.45) is 0. The lowest BCUT2D eigenvalue weighted by Crippen LogP contribution is -1.90. The van der Waals surface area contributed by atoms with E-state index < -0.39 is 0 Å². The Morgan fingerprint density at radius 2 is 2.07 bits per heavy atom. The van der Waals surface area contributed by atoms with Gasteiger partial charge in [-0.2, -0.15) is 0 Å². The van der Waals surface area contributed by atoms with Gasteiger partial charge < -0.3 is 4.98 Å². The number of benzene rings is 1. The maximum atomic E-state index is 6.08. The predicted octanol–water partition coefficient (Wildman–Crippen LogP) is 3.77. The maximum Gasteiger partial charge on any atom is 0.197 e. The van der Waals surface area contributed by atoms with Crippen LogP contribution in [0.3, 0.4) is 0 Å². The van der Waals surface area contributed by atoms with Crippen LogP contribution in [-0.2, 0) is 0 Å². The monoisotopic (exact) mass is 236 g/mol. The van der Waals surface area contributed by atoms with Gasteiger partial charge in [-0.05, 0) is 31.3 Å². The molecule has 0 amide bonds. The van der Waals surface area contributed by atoms with E-state index in [0.717, 1.165) is 17.0 Å². The van der Waals surface area contributed by atoms with Crippen LogP contribution >= 0.6 is 23.8 Å². The van der Waals surface area contributed by atoms with Gasteiger partial charge in [0, 0.05) is 16.3 Å². The molecule has 0 atom stereocenters. The molecule has 1 N–H and O–H groups in total. The van der Waals surface area contributed by atoms with Crippen molar-refractivity contribution < 1.29 is 0 Å². The second-order valence-electron chi connectivity index (χ2n) is 3.23. The molecule has 0 radical (unpaired) electrons.